The second-order valence-corrected chi connectivity index (χ2v) is 6.52. The first-order valence-corrected chi connectivity index (χ1v) is 8.59. The Morgan fingerprint density at radius 2 is 2.25 bits per heavy atom. The minimum atomic E-state index is -0.0425. The molecule has 3 rings (SSSR count). The van der Waals surface area contributed by atoms with Crippen molar-refractivity contribution in [2.45, 2.75) is 33.1 Å². The molecule has 0 aromatic carbocycles. The lowest BCUT2D eigenvalue weighted by atomic mass is 10.2. The third-order valence-corrected chi connectivity index (χ3v) is 4.65. The molecule has 0 radical (unpaired) electrons. The molecule has 7 nitrogen and oxygen atoms in total. The van der Waals surface area contributed by atoms with E-state index in [-0.39, 0.29) is 5.91 Å². The first-order chi connectivity index (χ1) is 11.5. The van der Waals surface area contributed by atoms with Gasteiger partial charge in [0.25, 0.3) is 0 Å². The maximum atomic E-state index is 12.1. The van der Waals surface area contributed by atoms with E-state index in [1.807, 2.05) is 38.4 Å². The normalized spacial score (nSPS) is 11.0. The number of anilines is 1. The molecule has 3 aromatic heterocycles. The number of nitrogens with zero attached hydrogens (tertiary/aromatic N) is 4. The molecule has 0 saturated carbocycles. The number of nitrogens with one attached hydrogen (secondary N) is 1. The summed E-state index contributed by atoms with van der Waals surface area (Å²) in [6.07, 6.45) is 1.61. The average molecular weight is 345 g/mol. The standard InChI is InChI=1S/C16H19N5O2S/c1-10-11(2)19-21(3)16(10)17-13(22)7-4-8-14-18-15(20-23-14)12-6-5-9-24-12/h5-6,9H,4,7-8H2,1-3H3,(H,17,22). The molecular weight excluding hydrogens is 326 g/mol. The van der Waals surface area contributed by atoms with Crippen LogP contribution in [-0.2, 0) is 18.3 Å². The van der Waals surface area contributed by atoms with Crippen LogP contribution in [0, 0.1) is 13.8 Å². The highest BCUT2D eigenvalue weighted by atomic mass is 32.1. The minimum absolute atomic E-state index is 0.0425. The smallest absolute Gasteiger partial charge is 0.226 e. The molecule has 126 valence electrons. The van der Waals surface area contributed by atoms with E-state index in [4.69, 9.17) is 4.52 Å². The molecule has 0 bridgehead atoms. The molecule has 0 aliphatic heterocycles. The van der Waals surface area contributed by atoms with Crippen molar-refractivity contribution < 1.29 is 9.32 Å². The molecule has 0 unspecified atom stereocenters. The van der Waals surface area contributed by atoms with Gasteiger partial charge in [0, 0.05) is 25.5 Å². The number of aromatic nitrogens is 4. The fraction of sp³-hybridized carbons (Fsp3) is 0.375. The van der Waals surface area contributed by atoms with Crippen LogP contribution >= 0.6 is 11.3 Å². The van der Waals surface area contributed by atoms with Crippen molar-refractivity contribution >= 4 is 23.1 Å². The van der Waals surface area contributed by atoms with E-state index >= 15 is 0 Å². The third kappa shape index (κ3) is 3.53. The monoisotopic (exact) mass is 345 g/mol. The molecule has 24 heavy (non-hydrogen) atoms. The van der Waals surface area contributed by atoms with E-state index in [1.54, 1.807) is 16.0 Å². The molecule has 0 fully saturated rings. The van der Waals surface area contributed by atoms with E-state index in [9.17, 15) is 4.79 Å². The summed E-state index contributed by atoms with van der Waals surface area (Å²) in [7, 11) is 1.82. The number of hydrogen-bond acceptors (Lipinski definition) is 6. The van der Waals surface area contributed by atoms with Gasteiger partial charge in [-0.1, -0.05) is 11.2 Å². The van der Waals surface area contributed by atoms with Crippen molar-refractivity contribution in [3.8, 4) is 10.7 Å². The maximum absolute atomic E-state index is 12.1. The zero-order chi connectivity index (χ0) is 17.1. The van der Waals surface area contributed by atoms with Crippen LogP contribution in [0.4, 0.5) is 5.82 Å². The predicted octanol–water partition coefficient (Wildman–Crippen LogP) is 3.11. The Labute approximate surface area is 143 Å². The van der Waals surface area contributed by atoms with Gasteiger partial charge in [0.05, 0.1) is 10.6 Å². The van der Waals surface area contributed by atoms with Gasteiger partial charge in [-0.15, -0.1) is 11.3 Å². The number of carbonyl (C=O) groups is 1. The van der Waals surface area contributed by atoms with Crippen LogP contribution < -0.4 is 5.32 Å². The van der Waals surface area contributed by atoms with Crippen molar-refractivity contribution in [1.82, 2.24) is 19.9 Å². The maximum Gasteiger partial charge on any atom is 0.226 e. The second kappa shape index (κ2) is 6.96. The number of carbonyl (C=O) groups excluding carboxylic acids is 1. The summed E-state index contributed by atoms with van der Waals surface area (Å²) in [6, 6.07) is 3.90. The van der Waals surface area contributed by atoms with Crippen LogP contribution in [0.15, 0.2) is 22.0 Å². The van der Waals surface area contributed by atoms with Crippen LogP contribution in [0.3, 0.4) is 0 Å². The summed E-state index contributed by atoms with van der Waals surface area (Å²) < 4.78 is 6.92. The van der Waals surface area contributed by atoms with Gasteiger partial charge >= 0.3 is 0 Å². The van der Waals surface area contributed by atoms with Gasteiger partial charge in [-0.05, 0) is 31.7 Å². The summed E-state index contributed by atoms with van der Waals surface area (Å²) >= 11 is 1.57. The van der Waals surface area contributed by atoms with Gasteiger partial charge in [-0.2, -0.15) is 10.1 Å². The molecule has 3 heterocycles. The van der Waals surface area contributed by atoms with E-state index in [2.05, 4.69) is 20.6 Å². The Morgan fingerprint density at radius 3 is 2.92 bits per heavy atom. The van der Waals surface area contributed by atoms with Crippen LogP contribution in [0.1, 0.15) is 30.0 Å². The van der Waals surface area contributed by atoms with Crippen molar-refractivity contribution in [3.63, 3.8) is 0 Å². The first kappa shape index (κ1) is 16.4. The Morgan fingerprint density at radius 1 is 1.42 bits per heavy atom. The summed E-state index contributed by atoms with van der Waals surface area (Å²) in [5.41, 5.74) is 1.91. The van der Waals surface area contributed by atoms with Gasteiger partial charge in [0.2, 0.25) is 17.6 Å². The molecule has 0 saturated heterocycles. The highest BCUT2D eigenvalue weighted by Gasteiger charge is 2.13. The number of aryl methyl sites for hydroxylation is 3. The molecule has 0 atom stereocenters. The Balaban J connectivity index is 1.50. The zero-order valence-electron chi connectivity index (χ0n) is 13.9. The fourth-order valence-corrected chi connectivity index (χ4v) is 3.04. The molecule has 3 aromatic rings. The topological polar surface area (TPSA) is 85.8 Å². The van der Waals surface area contributed by atoms with E-state index < -0.39 is 0 Å². The largest absolute Gasteiger partial charge is 0.339 e. The molecular formula is C16H19N5O2S. The summed E-state index contributed by atoms with van der Waals surface area (Å²) in [5, 5.41) is 13.1. The number of thiophene rings is 1. The minimum Gasteiger partial charge on any atom is -0.339 e. The lowest BCUT2D eigenvalue weighted by Gasteiger charge is -2.06. The quantitative estimate of drug-likeness (QED) is 0.742. The Bertz CT molecular complexity index is 835. The van der Waals surface area contributed by atoms with Crippen LogP contribution in [0.25, 0.3) is 10.7 Å². The number of hydrogen-bond donors (Lipinski definition) is 1. The lowest BCUT2D eigenvalue weighted by Crippen LogP contribution is -2.15. The Hall–Kier alpha value is -2.48. The second-order valence-electron chi connectivity index (χ2n) is 5.57. The molecule has 0 aliphatic carbocycles. The third-order valence-electron chi connectivity index (χ3n) is 3.78. The molecule has 8 heteroatoms. The molecule has 0 spiro atoms. The van der Waals surface area contributed by atoms with Crippen molar-refractivity contribution in [2.75, 3.05) is 5.32 Å². The van der Waals surface area contributed by atoms with Gasteiger partial charge in [0.15, 0.2) is 0 Å². The van der Waals surface area contributed by atoms with Gasteiger partial charge in [-0.3, -0.25) is 9.48 Å². The van der Waals surface area contributed by atoms with E-state index in [1.165, 1.54) is 0 Å². The van der Waals surface area contributed by atoms with E-state index in [0.29, 0.717) is 31.0 Å². The van der Waals surface area contributed by atoms with Crippen molar-refractivity contribution in [3.05, 3.63) is 34.7 Å². The average Bonchev–Trinajstić information content (AvgIpc) is 3.26. The molecule has 0 aliphatic rings. The number of amides is 1. The van der Waals surface area contributed by atoms with Gasteiger partial charge in [-0.25, -0.2) is 0 Å². The lowest BCUT2D eigenvalue weighted by molar-refractivity contribution is -0.116. The SMILES string of the molecule is Cc1nn(C)c(NC(=O)CCCc2nc(-c3cccs3)no2)c1C. The van der Waals surface area contributed by atoms with Crippen LogP contribution in [-0.4, -0.2) is 25.8 Å². The fourth-order valence-electron chi connectivity index (χ4n) is 2.40. The van der Waals surface area contributed by atoms with Crippen molar-refractivity contribution in [1.29, 1.82) is 0 Å². The first-order valence-electron chi connectivity index (χ1n) is 7.71. The highest BCUT2D eigenvalue weighted by Crippen LogP contribution is 2.22. The Kier molecular flexibility index (Phi) is 4.75. The highest BCUT2D eigenvalue weighted by molar-refractivity contribution is 7.13. The summed E-state index contributed by atoms with van der Waals surface area (Å²) in [5.74, 6) is 1.86. The molecule has 1 amide bonds. The van der Waals surface area contributed by atoms with Crippen molar-refractivity contribution in [2.24, 2.45) is 7.05 Å². The molecule has 1 N–H and O–H groups in total. The van der Waals surface area contributed by atoms with Crippen LogP contribution in [0.2, 0.25) is 0 Å². The number of rotatable bonds is 6. The van der Waals surface area contributed by atoms with E-state index in [0.717, 1.165) is 22.0 Å². The zero-order valence-corrected chi connectivity index (χ0v) is 14.7. The van der Waals surface area contributed by atoms with Gasteiger partial charge < -0.3 is 9.84 Å². The predicted molar refractivity (Wildman–Crippen MR) is 91.9 cm³/mol. The summed E-state index contributed by atoms with van der Waals surface area (Å²) in [4.78, 5) is 17.4. The summed E-state index contributed by atoms with van der Waals surface area (Å²) in [6.45, 7) is 3.87. The van der Waals surface area contributed by atoms with Gasteiger partial charge in [0.1, 0.15) is 5.82 Å². The van der Waals surface area contributed by atoms with Crippen LogP contribution in [0.5, 0.6) is 0 Å².